The monoisotopic (exact) mass is 243 g/mol. The lowest BCUT2D eigenvalue weighted by Gasteiger charge is -2.05. The molecule has 2 aromatic heterocycles. The van der Waals surface area contributed by atoms with E-state index in [0.29, 0.717) is 11.5 Å². The smallest absolute Gasteiger partial charge is 0.255 e. The van der Waals surface area contributed by atoms with Crippen molar-refractivity contribution in [3.05, 3.63) is 36.1 Å². The summed E-state index contributed by atoms with van der Waals surface area (Å²) in [6.07, 6.45) is 1.51. The fourth-order valence-corrected chi connectivity index (χ4v) is 1.34. The van der Waals surface area contributed by atoms with E-state index < -0.39 is 5.91 Å². The quantitative estimate of drug-likeness (QED) is 0.865. The lowest BCUT2D eigenvalue weighted by atomic mass is 10.2. The van der Waals surface area contributed by atoms with Gasteiger partial charge < -0.3 is 14.9 Å². The Balaban J connectivity index is 2.34. The first-order chi connectivity index (χ1) is 8.70. The van der Waals surface area contributed by atoms with Crippen molar-refractivity contribution in [3.8, 4) is 23.4 Å². The summed E-state index contributed by atoms with van der Waals surface area (Å²) in [5.74, 6) is -0.0299. The predicted octanol–water partition coefficient (Wildman–Crippen LogP) is 1.08. The largest absolute Gasteiger partial charge is 0.467 e. The molecule has 2 heterocycles. The Kier molecular flexibility index (Phi) is 3.25. The Morgan fingerprint density at radius 2 is 2.33 bits per heavy atom. The summed E-state index contributed by atoms with van der Waals surface area (Å²) in [6, 6.07) is 8.55. The summed E-state index contributed by atoms with van der Waals surface area (Å²) < 4.78 is 10.3. The minimum atomic E-state index is -0.635. The summed E-state index contributed by atoms with van der Waals surface area (Å²) >= 11 is 0. The zero-order chi connectivity index (χ0) is 13.0. The van der Waals surface area contributed by atoms with Crippen molar-refractivity contribution in [2.75, 3.05) is 6.61 Å². The number of nitrogens with two attached hydrogens (primary N) is 1. The van der Waals surface area contributed by atoms with Crippen LogP contribution >= 0.6 is 0 Å². The Morgan fingerprint density at radius 3 is 2.94 bits per heavy atom. The number of nitrogens with zero attached hydrogens (tertiary/aromatic N) is 2. The molecule has 1 amide bonds. The number of furan rings is 1. The Labute approximate surface area is 103 Å². The van der Waals surface area contributed by atoms with Crippen LogP contribution in [0.3, 0.4) is 0 Å². The lowest BCUT2D eigenvalue weighted by Crippen LogP contribution is -2.20. The number of hydrogen-bond acceptors (Lipinski definition) is 5. The van der Waals surface area contributed by atoms with Gasteiger partial charge in [-0.25, -0.2) is 4.98 Å². The molecule has 0 aromatic carbocycles. The van der Waals surface area contributed by atoms with Gasteiger partial charge in [-0.2, -0.15) is 5.26 Å². The lowest BCUT2D eigenvalue weighted by molar-refractivity contribution is -0.120. The second kappa shape index (κ2) is 5.01. The molecule has 0 saturated heterocycles. The van der Waals surface area contributed by atoms with Gasteiger partial charge in [-0.15, -0.1) is 0 Å². The first-order valence-electron chi connectivity index (χ1n) is 5.07. The molecule has 18 heavy (non-hydrogen) atoms. The number of ether oxygens (including phenoxy) is 1. The Morgan fingerprint density at radius 1 is 1.50 bits per heavy atom. The normalized spacial score (nSPS) is 9.72. The molecule has 0 aliphatic carbocycles. The summed E-state index contributed by atoms with van der Waals surface area (Å²) in [6.45, 7) is -0.330. The standard InChI is InChI=1S/C12H9N3O3/c13-6-8-3-4-9(10-2-1-5-17-10)15-12(8)18-7-11(14)16/h1-5H,7H2,(H2,14,16). The number of primary amides is 1. The highest BCUT2D eigenvalue weighted by Gasteiger charge is 2.10. The average Bonchev–Trinajstić information content (AvgIpc) is 2.89. The van der Waals surface area contributed by atoms with Gasteiger partial charge in [0.2, 0.25) is 5.88 Å². The van der Waals surface area contributed by atoms with Crippen LogP contribution < -0.4 is 10.5 Å². The molecule has 0 fully saturated rings. The highest BCUT2D eigenvalue weighted by molar-refractivity contribution is 5.75. The molecule has 6 heteroatoms. The number of carbonyl (C=O) groups excluding carboxylic acids is 1. The minimum absolute atomic E-state index is 0.0604. The zero-order valence-electron chi connectivity index (χ0n) is 9.29. The van der Waals surface area contributed by atoms with Crippen molar-refractivity contribution < 1.29 is 13.9 Å². The van der Waals surface area contributed by atoms with Crippen LogP contribution in [0.2, 0.25) is 0 Å². The minimum Gasteiger partial charge on any atom is -0.467 e. The van der Waals surface area contributed by atoms with Crippen molar-refractivity contribution in [1.29, 1.82) is 5.26 Å². The third-order valence-corrected chi connectivity index (χ3v) is 2.11. The van der Waals surface area contributed by atoms with Crippen molar-refractivity contribution in [2.24, 2.45) is 5.73 Å². The molecule has 2 aromatic rings. The van der Waals surface area contributed by atoms with Crippen LogP contribution in [0.1, 0.15) is 5.56 Å². The van der Waals surface area contributed by atoms with Gasteiger partial charge in [0.15, 0.2) is 12.4 Å². The van der Waals surface area contributed by atoms with Gasteiger partial charge in [0.05, 0.1) is 6.26 Å². The SMILES string of the molecule is N#Cc1ccc(-c2ccco2)nc1OCC(N)=O. The molecule has 0 bridgehead atoms. The van der Waals surface area contributed by atoms with Gasteiger partial charge in [0, 0.05) is 0 Å². The van der Waals surface area contributed by atoms with Crippen LogP contribution in [0.25, 0.3) is 11.5 Å². The second-order valence-electron chi connectivity index (χ2n) is 3.39. The Hall–Kier alpha value is -2.81. The van der Waals surface area contributed by atoms with E-state index in [1.807, 2.05) is 6.07 Å². The van der Waals surface area contributed by atoms with Crippen LogP contribution in [-0.2, 0) is 4.79 Å². The van der Waals surface area contributed by atoms with Gasteiger partial charge in [-0.3, -0.25) is 4.79 Å². The zero-order valence-corrected chi connectivity index (χ0v) is 9.29. The topological polar surface area (TPSA) is 102 Å². The number of carbonyl (C=O) groups is 1. The van der Waals surface area contributed by atoms with E-state index in [1.54, 1.807) is 24.3 Å². The van der Waals surface area contributed by atoms with E-state index in [2.05, 4.69) is 4.98 Å². The molecule has 6 nitrogen and oxygen atoms in total. The van der Waals surface area contributed by atoms with E-state index in [-0.39, 0.29) is 18.1 Å². The molecule has 0 radical (unpaired) electrons. The van der Waals surface area contributed by atoms with E-state index in [9.17, 15) is 4.79 Å². The highest BCUT2D eigenvalue weighted by atomic mass is 16.5. The molecule has 2 rings (SSSR count). The van der Waals surface area contributed by atoms with E-state index >= 15 is 0 Å². The van der Waals surface area contributed by atoms with Crippen LogP contribution in [0.5, 0.6) is 5.88 Å². The number of nitriles is 1. The molecular weight excluding hydrogens is 234 g/mol. The molecule has 0 atom stereocenters. The molecule has 0 aliphatic heterocycles. The number of aromatic nitrogens is 1. The maximum absolute atomic E-state index is 10.7. The maximum Gasteiger partial charge on any atom is 0.255 e. The first kappa shape index (κ1) is 11.7. The number of hydrogen-bond donors (Lipinski definition) is 1. The van der Waals surface area contributed by atoms with Gasteiger partial charge in [0.1, 0.15) is 17.3 Å². The summed E-state index contributed by atoms with van der Waals surface area (Å²) in [5.41, 5.74) is 5.71. The molecule has 0 saturated carbocycles. The molecule has 0 aliphatic rings. The van der Waals surface area contributed by atoms with Gasteiger partial charge in [-0.05, 0) is 24.3 Å². The third kappa shape index (κ3) is 2.47. The van der Waals surface area contributed by atoms with E-state index in [1.165, 1.54) is 6.26 Å². The van der Waals surface area contributed by atoms with Crippen LogP contribution in [0.4, 0.5) is 0 Å². The van der Waals surface area contributed by atoms with Crippen LogP contribution in [0, 0.1) is 11.3 Å². The van der Waals surface area contributed by atoms with Gasteiger partial charge in [0.25, 0.3) is 5.91 Å². The Bertz CT molecular complexity index is 600. The molecular formula is C12H9N3O3. The summed E-state index contributed by atoms with van der Waals surface area (Å²) in [5, 5.41) is 8.90. The fraction of sp³-hybridized carbons (Fsp3) is 0.0833. The van der Waals surface area contributed by atoms with Crippen LogP contribution in [-0.4, -0.2) is 17.5 Å². The molecule has 0 unspecified atom stereocenters. The second-order valence-corrected chi connectivity index (χ2v) is 3.39. The van der Waals surface area contributed by atoms with Crippen molar-refractivity contribution >= 4 is 5.91 Å². The van der Waals surface area contributed by atoms with Crippen molar-refractivity contribution in [2.45, 2.75) is 0 Å². The first-order valence-corrected chi connectivity index (χ1v) is 5.07. The van der Waals surface area contributed by atoms with Gasteiger partial charge in [-0.1, -0.05) is 0 Å². The summed E-state index contributed by atoms with van der Waals surface area (Å²) in [7, 11) is 0. The predicted molar refractivity (Wildman–Crippen MR) is 61.3 cm³/mol. The third-order valence-electron chi connectivity index (χ3n) is 2.11. The molecule has 0 spiro atoms. The number of amides is 1. The highest BCUT2D eigenvalue weighted by Crippen LogP contribution is 2.23. The molecule has 2 N–H and O–H groups in total. The number of pyridine rings is 1. The van der Waals surface area contributed by atoms with E-state index in [4.69, 9.17) is 20.1 Å². The van der Waals surface area contributed by atoms with E-state index in [0.717, 1.165) is 0 Å². The summed E-state index contributed by atoms with van der Waals surface area (Å²) in [4.78, 5) is 14.8. The molecule has 90 valence electrons. The maximum atomic E-state index is 10.7. The fourth-order valence-electron chi connectivity index (χ4n) is 1.34. The van der Waals surface area contributed by atoms with Crippen molar-refractivity contribution in [1.82, 2.24) is 4.98 Å². The number of rotatable bonds is 4. The van der Waals surface area contributed by atoms with Gasteiger partial charge >= 0.3 is 0 Å². The van der Waals surface area contributed by atoms with Crippen molar-refractivity contribution in [3.63, 3.8) is 0 Å². The average molecular weight is 243 g/mol. The van der Waals surface area contributed by atoms with Crippen LogP contribution in [0.15, 0.2) is 34.9 Å².